The Hall–Kier alpha value is -3.30. The molecule has 0 bridgehead atoms. The molecule has 2 heterocycles. The molecule has 0 amide bonds. The first kappa shape index (κ1) is 15.2. The predicted octanol–water partition coefficient (Wildman–Crippen LogP) is 3.56. The van der Waals surface area contributed by atoms with E-state index in [2.05, 4.69) is 20.7 Å². The Bertz CT molecular complexity index is 1160. The molecule has 0 aliphatic heterocycles. The molecular formula is C18H11ClN4O2. The molecule has 0 aliphatic rings. The summed E-state index contributed by atoms with van der Waals surface area (Å²) in [7, 11) is 0. The first-order valence-electron chi connectivity index (χ1n) is 7.48. The van der Waals surface area contributed by atoms with Gasteiger partial charge in [0.25, 0.3) is 0 Å². The van der Waals surface area contributed by atoms with E-state index in [1.54, 1.807) is 6.07 Å². The largest absolute Gasteiger partial charge is 0.439 e. The lowest BCUT2D eigenvalue weighted by Gasteiger charge is -2.06. The van der Waals surface area contributed by atoms with Crippen molar-refractivity contribution < 1.29 is 4.52 Å². The number of rotatable bonds is 3. The zero-order chi connectivity index (χ0) is 17.4. The average Bonchev–Trinajstić information content (AvgIpc) is 3.20. The minimum Gasteiger partial charge on any atom is -0.342 e. The molecule has 0 saturated heterocycles. The molecule has 0 aliphatic carbocycles. The number of nitrogens with one attached hydrogen (secondary N) is 1. The van der Waals surface area contributed by atoms with Gasteiger partial charge in [-0.1, -0.05) is 41.0 Å². The second-order valence-electron chi connectivity index (χ2n) is 5.58. The molecule has 0 radical (unpaired) electrons. The number of halogens is 1. The Balaban J connectivity index is 1.83. The van der Waals surface area contributed by atoms with Gasteiger partial charge in [-0.25, -0.2) is 4.79 Å². The summed E-state index contributed by atoms with van der Waals surface area (Å²) in [5.41, 5.74) is 3.22. The van der Waals surface area contributed by atoms with E-state index >= 15 is 0 Å². The quantitative estimate of drug-likeness (QED) is 0.612. The molecule has 4 rings (SSSR count). The van der Waals surface area contributed by atoms with Gasteiger partial charge in [0.15, 0.2) is 5.82 Å². The van der Waals surface area contributed by atoms with Crippen LogP contribution in [0.5, 0.6) is 0 Å². The van der Waals surface area contributed by atoms with Gasteiger partial charge in [0.05, 0.1) is 11.1 Å². The molecule has 4 aromatic rings. The minimum absolute atomic E-state index is 0.352. The Morgan fingerprint density at radius 2 is 2.04 bits per heavy atom. The molecule has 0 saturated carbocycles. The number of hydrogen-bond acceptors (Lipinski definition) is 4. The lowest BCUT2D eigenvalue weighted by molar-refractivity contribution is 0.388. The van der Waals surface area contributed by atoms with Crippen LogP contribution < -0.4 is 5.76 Å². The van der Waals surface area contributed by atoms with E-state index in [0.29, 0.717) is 28.5 Å². The van der Waals surface area contributed by atoms with Crippen LogP contribution in [0.15, 0.2) is 58.0 Å². The van der Waals surface area contributed by atoms with Gasteiger partial charge < -0.3 is 4.57 Å². The molecule has 0 unspecified atom stereocenters. The summed E-state index contributed by atoms with van der Waals surface area (Å²) >= 11 is 5.93. The molecular weight excluding hydrogens is 340 g/mol. The number of aromatic amines is 1. The lowest BCUT2D eigenvalue weighted by Crippen LogP contribution is -1.98. The van der Waals surface area contributed by atoms with Crippen LogP contribution in [0.25, 0.3) is 22.3 Å². The molecule has 0 fully saturated rings. The third-order valence-electron chi connectivity index (χ3n) is 3.98. The van der Waals surface area contributed by atoms with Crippen molar-refractivity contribution in [3.05, 3.63) is 75.4 Å². The summed E-state index contributed by atoms with van der Waals surface area (Å²) in [6, 6.07) is 15.3. The van der Waals surface area contributed by atoms with Gasteiger partial charge in [0.1, 0.15) is 6.07 Å². The lowest BCUT2D eigenvalue weighted by atomic mass is 10.1. The highest BCUT2D eigenvalue weighted by Crippen LogP contribution is 2.26. The van der Waals surface area contributed by atoms with Crippen molar-refractivity contribution in [1.82, 2.24) is 14.7 Å². The Morgan fingerprint density at radius 3 is 2.72 bits per heavy atom. The summed E-state index contributed by atoms with van der Waals surface area (Å²) < 4.78 is 6.55. The molecule has 122 valence electrons. The summed E-state index contributed by atoms with van der Waals surface area (Å²) in [5.74, 6) is -0.256. The molecule has 25 heavy (non-hydrogen) atoms. The Labute approximate surface area is 146 Å². The van der Waals surface area contributed by atoms with Gasteiger partial charge in [-0.15, -0.1) is 0 Å². The van der Waals surface area contributed by atoms with Crippen molar-refractivity contribution in [2.75, 3.05) is 0 Å². The second-order valence-corrected chi connectivity index (χ2v) is 6.02. The van der Waals surface area contributed by atoms with Crippen molar-refractivity contribution in [1.29, 1.82) is 5.26 Å². The molecule has 0 spiro atoms. The maximum absolute atomic E-state index is 11.2. The van der Waals surface area contributed by atoms with Crippen LogP contribution in [0, 0.1) is 11.3 Å². The SMILES string of the molecule is N#Cc1cn(Cc2ccc(Cl)cc2)c2cc(-c3noc(=O)[nH]3)ccc12. The van der Waals surface area contributed by atoms with Gasteiger partial charge in [0.2, 0.25) is 0 Å². The normalized spacial score (nSPS) is 10.9. The van der Waals surface area contributed by atoms with E-state index < -0.39 is 5.76 Å². The van der Waals surface area contributed by atoms with Crippen LogP contribution in [-0.2, 0) is 6.54 Å². The number of benzene rings is 2. The predicted molar refractivity (Wildman–Crippen MR) is 93.3 cm³/mol. The molecule has 6 nitrogen and oxygen atoms in total. The maximum atomic E-state index is 11.2. The molecule has 7 heteroatoms. The van der Waals surface area contributed by atoms with Crippen molar-refractivity contribution in [2.45, 2.75) is 6.54 Å². The van der Waals surface area contributed by atoms with Crippen LogP contribution in [0.4, 0.5) is 0 Å². The van der Waals surface area contributed by atoms with E-state index in [9.17, 15) is 10.1 Å². The van der Waals surface area contributed by atoms with E-state index in [-0.39, 0.29) is 0 Å². The highest BCUT2D eigenvalue weighted by Gasteiger charge is 2.12. The van der Waals surface area contributed by atoms with E-state index in [1.165, 1.54) is 0 Å². The van der Waals surface area contributed by atoms with E-state index in [0.717, 1.165) is 16.5 Å². The monoisotopic (exact) mass is 350 g/mol. The van der Waals surface area contributed by atoms with Crippen LogP contribution in [0.1, 0.15) is 11.1 Å². The highest BCUT2D eigenvalue weighted by atomic mass is 35.5. The third kappa shape index (κ3) is 2.82. The van der Waals surface area contributed by atoms with Gasteiger partial charge in [0, 0.05) is 28.7 Å². The Kier molecular flexibility index (Phi) is 3.64. The fraction of sp³-hybridized carbons (Fsp3) is 0.0556. The zero-order valence-electron chi connectivity index (χ0n) is 12.9. The summed E-state index contributed by atoms with van der Waals surface area (Å²) in [6.07, 6.45) is 1.81. The van der Waals surface area contributed by atoms with Gasteiger partial charge in [-0.3, -0.25) is 9.51 Å². The van der Waals surface area contributed by atoms with Crippen molar-refractivity contribution in [3.63, 3.8) is 0 Å². The fourth-order valence-electron chi connectivity index (χ4n) is 2.80. The third-order valence-corrected chi connectivity index (χ3v) is 4.23. The van der Waals surface area contributed by atoms with Crippen molar-refractivity contribution in [3.8, 4) is 17.5 Å². The standard InChI is InChI=1S/C18H11ClN4O2/c19-14-4-1-11(2-5-14)9-23-10-13(8-20)15-6-3-12(7-16(15)23)17-21-18(24)25-22-17/h1-7,10H,9H2,(H,21,22,24). The Morgan fingerprint density at radius 1 is 1.24 bits per heavy atom. The molecule has 0 atom stereocenters. The number of aromatic nitrogens is 3. The number of fused-ring (bicyclic) bond motifs is 1. The number of H-pyrrole nitrogens is 1. The molecule has 2 aromatic heterocycles. The van der Waals surface area contributed by atoms with Gasteiger partial charge >= 0.3 is 5.76 Å². The van der Waals surface area contributed by atoms with Crippen molar-refractivity contribution in [2.24, 2.45) is 0 Å². The molecule has 2 aromatic carbocycles. The van der Waals surface area contributed by atoms with Crippen LogP contribution in [0.3, 0.4) is 0 Å². The van der Waals surface area contributed by atoms with Crippen LogP contribution >= 0.6 is 11.6 Å². The average molecular weight is 351 g/mol. The maximum Gasteiger partial charge on any atom is 0.439 e. The number of nitriles is 1. The summed E-state index contributed by atoms with van der Waals surface area (Å²) in [4.78, 5) is 13.7. The number of nitrogens with zero attached hydrogens (tertiary/aromatic N) is 3. The fourth-order valence-corrected chi connectivity index (χ4v) is 2.93. The smallest absolute Gasteiger partial charge is 0.342 e. The molecule has 1 N–H and O–H groups in total. The van der Waals surface area contributed by atoms with Crippen LogP contribution in [-0.4, -0.2) is 14.7 Å². The zero-order valence-corrected chi connectivity index (χ0v) is 13.6. The summed E-state index contributed by atoms with van der Waals surface area (Å²) in [6.45, 7) is 0.591. The first-order chi connectivity index (χ1) is 12.1. The van der Waals surface area contributed by atoms with Crippen LogP contribution in [0.2, 0.25) is 5.02 Å². The number of hydrogen-bond donors (Lipinski definition) is 1. The highest BCUT2D eigenvalue weighted by molar-refractivity contribution is 6.30. The van der Waals surface area contributed by atoms with Gasteiger partial charge in [-0.05, 0) is 23.8 Å². The van der Waals surface area contributed by atoms with Gasteiger partial charge in [-0.2, -0.15) is 5.26 Å². The topological polar surface area (TPSA) is 87.6 Å². The first-order valence-corrected chi connectivity index (χ1v) is 7.85. The summed E-state index contributed by atoms with van der Waals surface area (Å²) in [5, 5.41) is 14.6. The van der Waals surface area contributed by atoms with E-state index in [1.807, 2.05) is 47.2 Å². The van der Waals surface area contributed by atoms with E-state index in [4.69, 9.17) is 11.6 Å². The minimum atomic E-state index is -0.607. The second kappa shape index (κ2) is 5.96. The van der Waals surface area contributed by atoms with Crippen molar-refractivity contribution >= 4 is 22.5 Å².